The quantitative estimate of drug-likeness (QED) is 0.522. The standard InChI is InChI=1S/C21H17F3N6/c1-30-13-17(12-27-30)16-4-2-3-14(9-16)11-26-19-10-18(21(22,23)24)28-20(29-19)15-5-7-25-8-6-15/h2-10,12-13H,11H2,1H3,(H,26,28,29). The molecule has 0 bridgehead atoms. The molecule has 1 aromatic carbocycles. The van der Waals surface area contributed by atoms with E-state index in [9.17, 15) is 13.2 Å². The maximum absolute atomic E-state index is 13.3. The fraction of sp³-hybridized carbons (Fsp3) is 0.143. The van der Waals surface area contributed by atoms with Crippen LogP contribution in [0.1, 0.15) is 11.3 Å². The average molecular weight is 410 g/mol. The molecule has 0 saturated carbocycles. The number of anilines is 1. The molecule has 0 spiro atoms. The fourth-order valence-corrected chi connectivity index (χ4v) is 2.94. The van der Waals surface area contributed by atoms with E-state index >= 15 is 0 Å². The summed E-state index contributed by atoms with van der Waals surface area (Å²) in [5.74, 6) is 0.0785. The molecule has 0 saturated heterocycles. The van der Waals surface area contributed by atoms with E-state index in [1.54, 1.807) is 23.0 Å². The SMILES string of the molecule is Cn1cc(-c2cccc(CNc3cc(C(F)(F)F)nc(-c4ccncc4)n3)c2)cn1. The molecule has 0 radical (unpaired) electrons. The van der Waals surface area contributed by atoms with Crippen LogP contribution in [0.5, 0.6) is 0 Å². The van der Waals surface area contributed by atoms with Gasteiger partial charge in [-0.15, -0.1) is 0 Å². The van der Waals surface area contributed by atoms with Gasteiger partial charge in [-0.1, -0.05) is 18.2 Å². The first-order valence-corrected chi connectivity index (χ1v) is 9.07. The summed E-state index contributed by atoms with van der Waals surface area (Å²) < 4.78 is 41.7. The second-order valence-electron chi connectivity index (χ2n) is 6.65. The number of nitrogens with zero attached hydrogens (tertiary/aromatic N) is 5. The highest BCUT2D eigenvalue weighted by molar-refractivity contribution is 5.63. The molecule has 0 atom stereocenters. The van der Waals surface area contributed by atoms with Crippen LogP contribution in [0.25, 0.3) is 22.5 Å². The van der Waals surface area contributed by atoms with E-state index in [4.69, 9.17) is 0 Å². The van der Waals surface area contributed by atoms with Gasteiger partial charge in [-0.25, -0.2) is 9.97 Å². The van der Waals surface area contributed by atoms with Crippen LogP contribution in [0.2, 0.25) is 0 Å². The van der Waals surface area contributed by atoms with E-state index in [0.717, 1.165) is 22.8 Å². The third-order valence-corrected chi connectivity index (χ3v) is 4.39. The molecule has 0 unspecified atom stereocenters. The lowest BCUT2D eigenvalue weighted by molar-refractivity contribution is -0.141. The Morgan fingerprint density at radius 1 is 0.967 bits per heavy atom. The van der Waals surface area contributed by atoms with Gasteiger partial charge >= 0.3 is 6.18 Å². The minimum atomic E-state index is -4.58. The molecule has 30 heavy (non-hydrogen) atoms. The molecule has 0 amide bonds. The van der Waals surface area contributed by atoms with Gasteiger partial charge in [-0.05, 0) is 29.3 Å². The Labute approximate surface area is 170 Å². The van der Waals surface area contributed by atoms with Gasteiger partial charge in [0.25, 0.3) is 0 Å². The molecule has 4 aromatic rings. The van der Waals surface area contributed by atoms with Crippen molar-refractivity contribution in [3.63, 3.8) is 0 Å². The first-order chi connectivity index (χ1) is 14.4. The predicted octanol–water partition coefficient (Wildman–Crippen LogP) is 4.57. The third-order valence-electron chi connectivity index (χ3n) is 4.39. The summed E-state index contributed by atoms with van der Waals surface area (Å²) in [4.78, 5) is 11.8. The zero-order chi connectivity index (χ0) is 21.1. The Morgan fingerprint density at radius 3 is 2.47 bits per heavy atom. The molecule has 0 aliphatic heterocycles. The van der Waals surface area contributed by atoms with Crippen LogP contribution in [0.4, 0.5) is 19.0 Å². The van der Waals surface area contributed by atoms with Gasteiger partial charge in [-0.3, -0.25) is 9.67 Å². The normalized spacial score (nSPS) is 11.5. The number of hydrogen-bond donors (Lipinski definition) is 1. The van der Waals surface area contributed by atoms with E-state index in [1.807, 2.05) is 37.5 Å². The number of rotatable bonds is 5. The fourth-order valence-electron chi connectivity index (χ4n) is 2.94. The van der Waals surface area contributed by atoms with E-state index in [-0.39, 0.29) is 11.6 Å². The molecule has 152 valence electrons. The van der Waals surface area contributed by atoms with Crippen LogP contribution >= 0.6 is 0 Å². The van der Waals surface area contributed by atoms with Crippen LogP contribution in [0.3, 0.4) is 0 Å². The molecular formula is C21H17F3N6. The number of hydrogen-bond acceptors (Lipinski definition) is 5. The van der Waals surface area contributed by atoms with Crippen LogP contribution in [-0.4, -0.2) is 24.7 Å². The number of alkyl halides is 3. The Hall–Kier alpha value is -3.75. The van der Waals surface area contributed by atoms with Gasteiger partial charge in [0, 0.05) is 49.4 Å². The molecule has 4 rings (SSSR count). The molecule has 6 nitrogen and oxygen atoms in total. The molecule has 0 fully saturated rings. The van der Waals surface area contributed by atoms with Crippen molar-refractivity contribution in [3.05, 3.63) is 78.5 Å². The number of halogens is 3. The number of aromatic nitrogens is 5. The number of aryl methyl sites for hydroxylation is 1. The predicted molar refractivity (Wildman–Crippen MR) is 106 cm³/mol. The smallest absolute Gasteiger partial charge is 0.366 e. The lowest BCUT2D eigenvalue weighted by Gasteiger charge is -2.12. The van der Waals surface area contributed by atoms with Gasteiger partial charge in [0.2, 0.25) is 0 Å². The Balaban J connectivity index is 1.60. The first-order valence-electron chi connectivity index (χ1n) is 9.07. The summed E-state index contributed by atoms with van der Waals surface area (Å²) in [6, 6.07) is 11.7. The van der Waals surface area contributed by atoms with Crippen molar-refractivity contribution in [1.29, 1.82) is 0 Å². The van der Waals surface area contributed by atoms with Crippen molar-refractivity contribution in [2.75, 3.05) is 5.32 Å². The number of nitrogens with one attached hydrogen (secondary N) is 1. The van der Waals surface area contributed by atoms with Gasteiger partial charge in [-0.2, -0.15) is 18.3 Å². The highest BCUT2D eigenvalue weighted by Gasteiger charge is 2.33. The molecule has 9 heteroatoms. The van der Waals surface area contributed by atoms with E-state index in [1.165, 1.54) is 12.4 Å². The monoisotopic (exact) mass is 410 g/mol. The lowest BCUT2D eigenvalue weighted by atomic mass is 10.1. The van der Waals surface area contributed by atoms with Crippen LogP contribution in [0.15, 0.2) is 67.3 Å². The summed E-state index contributed by atoms with van der Waals surface area (Å²) in [6.45, 7) is 0.304. The van der Waals surface area contributed by atoms with Gasteiger partial charge in [0.15, 0.2) is 11.5 Å². The molecule has 0 aliphatic carbocycles. The van der Waals surface area contributed by atoms with Crippen molar-refractivity contribution >= 4 is 5.82 Å². The van der Waals surface area contributed by atoms with Gasteiger partial charge in [0.1, 0.15) is 5.82 Å². The zero-order valence-corrected chi connectivity index (χ0v) is 15.9. The van der Waals surface area contributed by atoms with Gasteiger partial charge in [0.05, 0.1) is 6.20 Å². The van der Waals surface area contributed by atoms with Crippen LogP contribution in [-0.2, 0) is 19.8 Å². The van der Waals surface area contributed by atoms with Gasteiger partial charge < -0.3 is 5.32 Å². The summed E-state index contributed by atoms with van der Waals surface area (Å²) in [6.07, 6.45) is 2.04. The Morgan fingerprint density at radius 2 is 1.77 bits per heavy atom. The van der Waals surface area contributed by atoms with Crippen molar-refractivity contribution in [3.8, 4) is 22.5 Å². The van der Waals surface area contributed by atoms with Crippen molar-refractivity contribution in [2.24, 2.45) is 7.05 Å². The summed E-state index contributed by atoms with van der Waals surface area (Å²) in [5.41, 5.74) is 2.28. The Bertz CT molecular complexity index is 1150. The van der Waals surface area contributed by atoms with E-state index in [0.29, 0.717) is 12.1 Å². The molecule has 0 aliphatic rings. The first kappa shape index (κ1) is 19.6. The zero-order valence-electron chi connectivity index (χ0n) is 15.9. The summed E-state index contributed by atoms with van der Waals surface area (Å²) in [5, 5.41) is 7.14. The summed E-state index contributed by atoms with van der Waals surface area (Å²) in [7, 11) is 1.84. The topological polar surface area (TPSA) is 68.5 Å². The van der Waals surface area contributed by atoms with Crippen molar-refractivity contribution in [2.45, 2.75) is 12.7 Å². The lowest BCUT2D eigenvalue weighted by Crippen LogP contribution is -2.12. The highest BCUT2D eigenvalue weighted by Crippen LogP contribution is 2.31. The Kier molecular flexibility index (Phi) is 5.18. The van der Waals surface area contributed by atoms with Crippen LogP contribution in [0, 0.1) is 0 Å². The molecule has 3 heterocycles. The number of benzene rings is 1. The minimum absolute atomic E-state index is 0.0150. The number of pyridine rings is 1. The van der Waals surface area contributed by atoms with Crippen molar-refractivity contribution in [1.82, 2.24) is 24.7 Å². The minimum Gasteiger partial charge on any atom is -0.366 e. The second kappa shape index (κ2) is 7.94. The second-order valence-corrected chi connectivity index (χ2v) is 6.65. The molecular weight excluding hydrogens is 393 g/mol. The summed E-state index contributed by atoms with van der Waals surface area (Å²) >= 11 is 0. The molecule has 3 aromatic heterocycles. The van der Waals surface area contributed by atoms with E-state index in [2.05, 4.69) is 25.4 Å². The maximum atomic E-state index is 13.3. The molecule has 1 N–H and O–H groups in total. The highest BCUT2D eigenvalue weighted by atomic mass is 19.4. The average Bonchev–Trinajstić information content (AvgIpc) is 3.19. The van der Waals surface area contributed by atoms with Crippen LogP contribution < -0.4 is 5.32 Å². The van der Waals surface area contributed by atoms with E-state index < -0.39 is 11.9 Å². The third kappa shape index (κ3) is 4.45. The largest absolute Gasteiger partial charge is 0.433 e. The maximum Gasteiger partial charge on any atom is 0.433 e. The van der Waals surface area contributed by atoms with Crippen molar-refractivity contribution < 1.29 is 13.2 Å².